The number of nitrogens with one attached hydrogen (secondary N) is 1. The van der Waals surface area contributed by atoms with Gasteiger partial charge in [0.2, 0.25) is 0 Å². The lowest BCUT2D eigenvalue weighted by Crippen LogP contribution is -2.23. The summed E-state index contributed by atoms with van der Waals surface area (Å²) >= 11 is 1.56. The molecule has 1 amide bonds. The molecule has 0 saturated heterocycles. The van der Waals surface area contributed by atoms with Crippen LogP contribution < -0.4 is 11.1 Å². The number of benzene rings is 1. The quantitative estimate of drug-likeness (QED) is 0.428. The van der Waals surface area contributed by atoms with Gasteiger partial charge < -0.3 is 11.1 Å². The Hall–Kier alpha value is -3.52. The van der Waals surface area contributed by atoms with Crippen molar-refractivity contribution in [2.75, 3.05) is 12.0 Å². The van der Waals surface area contributed by atoms with Crippen molar-refractivity contribution in [3.63, 3.8) is 0 Å². The Morgan fingerprint density at radius 2 is 1.97 bits per heavy atom. The number of nitrogens with zero attached hydrogens (tertiary/aromatic N) is 3. The SMILES string of the molecule is CSc1cc(Cc2cc(C(=O)NCc3cnc(N)cc3C)ccn2)cc2cc(F)cnc12. The van der Waals surface area contributed by atoms with Crippen molar-refractivity contribution < 1.29 is 9.18 Å². The van der Waals surface area contributed by atoms with E-state index in [1.165, 1.54) is 12.3 Å². The summed E-state index contributed by atoms with van der Waals surface area (Å²) in [5.74, 6) is -0.113. The number of rotatable bonds is 6. The normalized spacial score (nSPS) is 11.0. The lowest BCUT2D eigenvalue weighted by Gasteiger charge is -2.10. The van der Waals surface area contributed by atoms with Crippen molar-refractivity contribution in [3.8, 4) is 0 Å². The molecular formula is C24H22FN5OS. The molecule has 0 aliphatic carbocycles. The Balaban J connectivity index is 1.52. The number of aryl methyl sites for hydroxylation is 1. The molecule has 0 radical (unpaired) electrons. The van der Waals surface area contributed by atoms with Crippen LogP contribution in [0.15, 0.2) is 59.9 Å². The van der Waals surface area contributed by atoms with E-state index in [1.54, 1.807) is 42.4 Å². The van der Waals surface area contributed by atoms with Gasteiger partial charge in [-0.3, -0.25) is 14.8 Å². The summed E-state index contributed by atoms with van der Waals surface area (Å²) in [7, 11) is 0. The highest BCUT2D eigenvalue weighted by Gasteiger charge is 2.11. The molecule has 4 aromatic rings. The standard InChI is InChI=1S/C24H22FN5OS/c1-14-5-22(26)28-11-18(14)12-30-24(31)16-3-4-27-20(10-16)7-15-6-17-9-19(25)13-29-23(17)21(8-15)32-2/h3-6,8-11,13H,7,12H2,1-2H3,(H2,26,28)(H,30,31). The minimum atomic E-state index is -0.370. The van der Waals surface area contributed by atoms with Crippen LogP contribution in [0, 0.1) is 12.7 Å². The summed E-state index contributed by atoms with van der Waals surface area (Å²) in [5, 5.41) is 3.66. The van der Waals surface area contributed by atoms with Crippen LogP contribution in [0.1, 0.15) is 32.7 Å². The number of hydrogen-bond acceptors (Lipinski definition) is 6. The van der Waals surface area contributed by atoms with Crippen LogP contribution in [0.4, 0.5) is 10.2 Å². The zero-order valence-corrected chi connectivity index (χ0v) is 18.5. The van der Waals surface area contributed by atoms with Crippen LogP contribution in [-0.4, -0.2) is 27.1 Å². The van der Waals surface area contributed by atoms with Gasteiger partial charge in [-0.25, -0.2) is 9.37 Å². The van der Waals surface area contributed by atoms with Gasteiger partial charge in [-0.1, -0.05) is 0 Å². The Labute approximate surface area is 189 Å². The molecule has 6 nitrogen and oxygen atoms in total. The molecule has 0 aliphatic rings. The third kappa shape index (κ3) is 4.86. The molecule has 0 fully saturated rings. The van der Waals surface area contributed by atoms with Crippen molar-refractivity contribution in [2.24, 2.45) is 0 Å². The number of thioether (sulfide) groups is 1. The van der Waals surface area contributed by atoms with E-state index in [2.05, 4.69) is 20.3 Å². The van der Waals surface area contributed by atoms with E-state index in [0.29, 0.717) is 24.3 Å². The van der Waals surface area contributed by atoms with Gasteiger partial charge in [0.05, 0.1) is 11.7 Å². The predicted octanol–water partition coefficient (Wildman–Crippen LogP) is 4.30. The Kier molecular flexibility index (Phi) is 6.32. The first-order chi connectivity index (χ1) is 15.4. The maximum absolute atomic E-state index is 13.7. The van der Waals surface area contributed by atoms with E-state index >= 15 is 0 Å². The van der Waals surface area contributed by atoms with Gasteiger partial charge in [0, 0.05) is 46.9 Å². The second kappa shape index (κ2) is 9.32. The van der Waals surface area contributed by atoms with Crippen LogP contribution in [0.5, 0.6) is 0 Å². The molecule has 4 rings (SSSR count). The molecule has 3 heterocycles. The maximum Gasteiger partial charge on any atom is 0.251 e. The number of carbonyl (C=O) groups is 1. The Morgan fingerprint density at radius 3 is 2.75 bits per heavy atom. The van der Waals surface area contributed by atoms with Crippen molar-refractivity contribution in [1.29, 1.82) is 0 Å². The number of hydrogen-bond donors (Lipinski definition) is 2. The number of nitrogen functional groups attached to an aromatic ring is 1. The first-order valence-electron chi connectivity index (χ1n) is 9.99. The van der Waals surface area contributed by atoms with Gasteiger partial charge in [-0.05, 0) is 66.3 Å². The number of halogens is 1. The highest BCUT2D eigenvalue weighted by molar-refractivity contribution is 7.98. The lowest BCUT2D eigenvalue weighted by atomic mass is 10.0. The van der Waals surface area contributed by atoms with Crippen molar-refractivity contribution >= 4 is 34.4 Å². The molecule has 3 N–H and O–H groups in total. The third-order valence-electron chi connectivity index (χ3n) is 5.14. The van der Waals surface area contributed by atoms with Gasteiger partial charge in [-0.2, -0.15) is 0 Å². The maximum atomic E-state index is 13.7. The molecule has 32 heavy (non-hydrogen) atoms. The Morgan fingerprint density at radius 1 is 1.12 bits per heavy atom. The van der Waals surface area contributed by atoms with Crippen molar-refractivity contribution in [2.45, 2.75) is 24.8 Å². The van der Waals surface area contributed by atoms with Crippen LogP contribution in [0.25, 0.3) is 10.9 Å². The van der Waals surface area contributed by atoms with E-state index < -0.39 is 0 Å². The zero-order chi connectivity index (χ0) is 22.7. The second-order valence-corrected chi connectivity index (χ2v) is 8.30. The van der Waals surface area contributed by atoms with Crippen LogP contribution >= 0.6 is 11.8 Å². The molecule has 1 aromatic carbocycles. The first-order valence-corrected chi connectivity index (χ1v) is 11.2. The number of carbonyl (C=O) groups excluding carboxylic acids is 1. The summed E-state index contributed by atoms with van der Waals surface area (Å²) in [4.78, 5) is 26.4. The van der Waals surface area contributed by atoms with Gasteiger partial charge in [0.1, 0.15) is 11.6 Å². The Bertz CT molecular complexity index is 1310. The van der Waals surface area contributed by atoms with Crippen LogP contribution in [-0.2, 0) is 13.0 Å². The topological polar surface area (TPSA) is 93.8 Å². The molecule has 0 atom stereocenters. The number of pyridine rings is 3. The molecule has 0 saturated carbocycles. The zero-order valence-electron chi connectivity index (χ0n) is 17.7. The monoisotopic (exact) mass is 447 g/mol. The predicted molar refractivity (Wildman–Crippen MR) is 125 cm³/mol. The number of fused-ring (bicyclic) bond motifs is 1. The second-order valence-electron chi connectivity index (χ2n) is 7.45. The number of anilines is 1. The fraction of sp³-hybridized carbons (Fsp3) is 0.167. The van der Waals surface area contributed by atoms with Crippen LogP contribution in [0.2, 0.25) is 0 Å². The van der Waals surface area contributed by atoms with Gasteiger partial charge >= 0.3 is 0 Å². The van der Waals surface area contributed by atoms with E-state index in [4.69, 9.17) is 5.73 Å². The van der Waals surface area contributed by atoms with Gasteiger partial charge in [0.15, 0.2) is 0 Å². The summed E-state index contributed by atoms with van der Waals surface area (Å²) < 4.78 is 13.7. The summed E-state index contributed by atoms with van der Waals surface area (Å²) in [6.07, 6.45) is 7.00. The van der Waals surface area contributed by atoms with Crippen molar-refractivity contribution in [1.82, 2.24) is 20.3 Å². The van der Waals surface area contributed by atoms with E-state index in [0.717, 1.165) is 38.2 Å². The number of nitrogens with two attached hydrogens (primary N) is 1. The van der Waals surface area contributed by atoms with Gasteiger partial charge in [-0.15, -0.1) is 11.8 Å². The average Bonchev–Trinajstić information content (AvgIpc) is 2.77. The van der Waals surface area contributed by atoms with E-state index in [1.807, 2.05) is 25.3 Å². The summed E-state index contributed by atoms with van der Waals surface area (Å²) in [5.41, 5.74) is 10.6. The average molecular weight is 448 g/mol. The molecule has 0 aliphatic heterocycles. The van der Waals surface area contributed by atoms with Crippen LogP contribution in [0.3, 0.4) is 0 Å². The smallest absolute Gasteiger partial charge is 0.251 e. The molecule has 8 heteroatoms. The van der Waals surface area contributed by atoms with E-state index in [-0.39, 0.29) is 11.7 Å². The molecule has 0 bridgehead atoms. The summed E-state index contributed by atoms with van der Waals surface area (Å²) in [6, 6.07) is 10.7. The first kappa shape index (κ1) is 21.7. The summed E-state index contributed by atoms with van der Waals surface area (Å²) in [6.45, 7) is 2.29. The fourth-order valence-corrected chi connectivity index (χ4v) is 4.13. The molecule has 162 valence electrons. The number of amides is 1. The highest BCUT2D eigenvalue weighted by atomic mass is 32.2. The molecular weight excluding hydrogens is 425 g/mol. The molecule has 0 unspecified atom stereocenters. The lowest BCUT2D eigenvalue weighted by molar-refractivity contribution is 0.0950. The minimum Gasteiger partial charge on any atom is -0.384 e. The van der Waals surface area contributed by atoms with E-state index in [9.17, 15) is 9.18 Å². The fourth-order valence-electron chi connectivity index (χ4n) is 3.50. The van der Waals surface area contributed by atoms with Gasteiger partial charge in [0.25, 0.3) is 5.91 Å². The third-order valence-corrected chi connectivity index (χ3v) is 5.89. The minimum absolute atomic E-state index is 0.195. The number of aromatic nitrogens is 3. The highest BCUT2D eigenvalue weighted by Crippen LogP contribution is 2.28. The molecule has 0 spiro atoms. The largest absolute Gasteiger partial charge is 0.384 e. The molecule has 3 aromatic heterocycles. The van der Waals surface area contributed by atoms with Crippen molar-refractivity contribution in [3.05, 3.63) is 88.8 Å².